The average molecular weight is 508 g/mol. The van der Waals surface area contributed by atoms with Crippen molar-refractivity contribution >= 4 is 46.8 Å². The smallest absolute Gasteiger partial charge is 0.243 e. The fourth-order valence-corrected chi connectivity index (χ4v) is 5.40. The molecule has 1 saturated carbocycles. The van der Waals surface area contributed by atoms with Crippen molar-refractivity contribution in [1.29, 1.82) is 0 Å². The van der Waals surface area contributed by atoms with Crippen LogP contribution in [-0.4, -0.2) is 34.6 Å². The van der Waals surface area contributed by atoms with E-state index in [9.17, 15) is 9.59 Å². The summed E-state index contributed by atoms with van der Waals surface area (Å²) in [5.74, 6) is 0.945. The fourth-order valence-electron chi connectivity index (χ4n) is 4.21. The topological polar surface area (TPSA) is 49.4 Å². The highest BCUT2D eigenvalue weighted by Gasteiger charge is 2.30. The Labute approximate surface area is 211 Å². The lowest BCUT2D eigenvalue weighted by Gasteiger charge is -2.33. The Morgan fingerprint density at radius 3 is 2.42 bits per heavy atom. The number of carbonyl (C=O) groups is 2. The number of amides is 2. The van der Waals surface area contributed by atoms with E-state index in [0.717, 1.165) is 37.0 Å². The predicted octanol–water partition coefficient (Wildman–Crippen LogP) is 6.48. The molecule has 0 saturated heterocycles. The Bertz CT molecular complexity index is 920. The number of hydrogen-bond acceptors (Lipinski definition) is 3. The lowest BCUT2D eigenvalue weighted by Crippen LogP contribution is -2.52. The average Bonchev–Trinajstić information content (AvgIpc) is 2.82. The van der Waals surface area contributed by atoms with E-state index in [0.29, 0.717) is 28.8 Å². The van der Waals surface area contributed by atoms with Crippen molar-refractivity contribution < 1.29 is 9.59 Å². The standard InChI is InChI=1S/C26H32Cl2N2O2S/c1-2-24(26(32)29-21-11-7-4-8-12-21)30(16-20-13-14-22(27)23(28)15-20)25(31)18-33-17-19-9-5-3-6-10-19/h3,5-6,9-10,13-15,21,24H,2,4,7-8,11-12,16-18H2,1H3,(H,29,32). The van der Waals surface area contributed by atoms with E-state index in [1.807, 2.05) is 31.2 Å². The molecule has 178 valence electrons. The van der Waals surface area contributed by atoms with Gasteiger partial charge in [0, 0.05) is 18.3 Å². The number of halogens is 2. The van der Waals surface area contributed by atoms with Crippen LogP contribution in [0.5, 0.6) is 0 Å². The molecule has 1 atom stereocenters. The summed E-state index contributed by atoms with van der Waals surface area (Å²) < 4.78 is 0. The SMILES string of the molecule is CCC(C(=O)NC1CCCCC1)N(Cc1ccc(Cl)c(Cl)c1)C(=O)CSCc1ccccc1. The Balaban J connectivity index is 1.72. The molecule has 1 unspecified atom stereocenters. The van der Waals surface area contributed by atoms with Gasteiger partial charge in [-0.3, -0.25) is 9.59 Å². The van der Waals surface area contributed by atoms with Crippen molar-refractivity contribution in [3.05, 3.63) is 69.7 Å². The first-order chi connectivity index (χ1) is 16.0. The van der Waals surface area contributed by atoms with Gasteiger partial charge in [0.15, 0.2) is 0 Å². The van der Waals surface area contributed by atoms with E-state index in [1.54, 1.807) is 28.8 Å². The lowest BCUT2D eigenvalue weighted by atomic mass is 9.95. The van der Waals surface area contributed by atoms with Crippen LogP contribution in [0.25, 0.3) is 0 Å². The van der Waals surface area contributed by atoms with Crippen LogP contribution in [0.3, 0.4) is 0 Å². The maximum absolute atomic E-state index is 13.4. The number of carbonyl (C=O) groups excluding carboxylic acids is 2. The predicted molar refractivity (Wildman–Crippen MR) is 139 cm³/mol. The number of nitrogens with zero attached hydrogens (tertiary/aromatic N) is 1. The summed E-state index contributed by atoms with van der Waals surface area (Å²) >= 11 is 13.9. The van der Waals surface area contributed by atoms with E-state index < -0.39 is 6.04 Å². The summed E-state index contributed by atoms with van der Waals surface area (Å²) in [6.45, 7) is 2.27. The second kappa shape index (κ2) is 13.3. The molecular formula is C26H32Cl2N2O2S. The zero-order chi connectivity index (χ0) is 23.6. The molecule has 1 N–H and O–H groups in total. The van der Waals surface area contributed by atoms with Crippen LogP contribution in [-0.2, 0) is 21.9 Å². The second-order valence-electron chi connectivity index (χ2n) is 8.52. The summed E-state index contributed by atoms with van der Waals surface area (Å²) in [6, 6.07) is 15.1. The van der Waals surface area contributed by atoms with Crippen LogP contribution in [0.15, 0.2) is 48.5 Å². The molecule has 1 aliphatic carbocycles. The first kappa shape index (κ1) is 25.9. The third-order valence-electron chi connectivity index (χ3n) is 6.01. The Kier molecular flexibility index (Phi) is 10.4. The monoisotopic (exact) mass is 506 g/mol. The fraction of sp³-hybridized carbons (Fsp3) is 0.462. The minimum atomic E-state index is -0.522. The van der Waals surface area contributed by atoms with Crippen molar-refractivity contribution in [3.63, 3.8) is 0 Å². The van der Waals surface area contributed by atoms with E-state index in [2.05, 4.69) is 17.4 Å². The van der Waals surface area contributed by atoms with Gasteiger partial charge in [0.05, 0.1) is 15.8 Å². The van der Waals surface area contributed by atoms with E-state index in [4.69, 9.17) is 23.2 Å². The van der Waals surface area contributed by atoms with E-state index in [-0.39, 0.29) is 17.9 Å². The zero-order valence-corrected chi connectivity index (χ0v) is 21.4. The molecule has 2 amide bonds. The molecule has 2 aromatic carbocycles. The van der Waals surface area contributed by atoms with Gasteiger partial charge in [-0.25, -0.2) is 0 Å². The van der Waals surface area contributed by atoms with Gasteiger partial charge in [-0.15, -0.1) is 11.8 Å². The molecule has 0 heterocycles. The normalized spacial score (nSPS) is 15.1. The second-order valence-corrected chi connectivity index (χ2v) is 10.3. The van der Waals surface area contributed by atoms with E-state index in [1.165, 1.54) is 12.0 Å². The maximum Gasteiger partial charge on any atom is 0.243 e. The van der Waals surface area contributed by atoms with Gasteiger partial charge in [-0.05, 0) is 42.5 Å². The van der Waals surface area contributed by atoms with Crippen molar-refractivity contribution in [2.75, 3.05) is 5.75 Å². The number of benzene rings is 2. The highest BCUT2D eigenvalue weighted by molar-refractivity contribution is 7.99. The van der Waals surface area contributed by atoms with Crippen LogP contribution in [0.1, 0.15) is 56.6 Å². The van der Waals surface area contributed by atoms with Gasteiger partial charge < -0.3 is 10.2 Å². The molecule has 33 heavy (non-hydrogen) atoms. The van der Waals surface area contributed by atoms with Gasteiger partial charge in [-0.2, -0.15) is 0 Å². The van der Waals surface area contributed by atoms with Crippen molar-refractivity contribution in [3.8, 4) is 0 Å². The van der Waals surface area contributed by atoms with Crippen LogP contribution in [0.2, 0.25) is 10.0 Å². The molecule has 7 heteroatoms. The molecule has 0 radical (unpaired) electrons. The van der Waals surface area contributed by atoms with Gasteiger partial charge in [0.25, 0.3) is 0 Å². The van der Waals surface area contributed by atoms with Crippen LogP contribution >= 0.6 is 35.0 Å². The minimum Gasteiger partial charge on any atom is -0.352 e. The van der Waals surface area contributed by atoms with Gasteiger partial charge >= 0.3 is 0 Å². The molecule has 0 bridgehead atoms. The van der Waals surface area contributed by atoms with Crippen molar-refractivity contribution in [2.24, 2.45) is 0 Å². The third-order valence-corrected chi connectivity index (χ3v) is 7.74. The van der Waals surface area contributed by atoms with Crippen LogP contribution in [0.4, 0.5) is 0 Å². The Morgan fingerprint density at radius 2 is 1.76 bits per heavy atom. The third kappa shape index (κ3) is 7.94. The van der Waals surface area contributed by atoms with Crippen molar-refractivity contribution in [2.45, 2.75) is 69.8 Å². The summed E-state index contributed by atoms with van der Waals surface area (Å²) in [5, 5.41) is 4.12. The summed E-state index contributed by atoms with van der Waals surface area (Å²) in [4.78, 5) is 28.3. The van der Waals surface area contributed by atoms with Crippen LogP contribution < -0.4 is 5.32 Å². The molecule has 2 aromatic rings. The highest BCUT2D eigenvalue weighted by atomic mass is 35.5. The largest absolute Gasteiger partial charge is 0.352 e. The zero-order valence-electron chi connectivity index (χ0n) is 19.1. The lowest BCUT2D eigenvalue weighted by molar-refractivity contribution is -0.139. The number of rotatable bonds is 10. The minimum absolute atomic E-state index is 0.0485. The molecule has 1 aliphatic rings. The number of nitrogens with one attached hydrogen (secondary N) is 1. The summed E-state index contributed by atoms with van der Waals surface area (Å²) in [6.07, 6.45) is 6.08. The Hall–Kier alpha value is -1.69. The van der Waals surface area contributed by atoms with Gasteiger partial charge in [0.1, 0.15) is 6.04 Å². The number of hydrogen-bond donors (Lipinski definition) is 1. The van der Waals surface area contributed by atoms with Crippen LogP contribution in [0, 0.1) is 0 Å². The number of thioether (sulfide) groups is 1. The van der Waals surface area contributed by atoms with E-state index >= 15 is 0 Å². The molecular weight excluding hydrogens is 475 g/mol. The first-order valence-corrected chi connectivity index (χ1v) is 13.5. The molecule has 0 aromatic heterocycles. The quantitative estimate of drug-likeness (QED) is 0.400. The highest BCUT2D eigenvalue weighted by Crippen LogP contribution is 2.25. The first-order valence-electron chi connectivity index (χ1n) is 11.6. The van der Waals surface area contributed by atoms with Crippen molar-refractivity contribution in [1.82, 2.24) is 10.2 Å². The molecule has 4 nitrogen and oxygen atoms in total. The van der Waals surface area contributed by atoms with Gasteiger partial charge in [-0.1, -0.05) is 85.8 Å². The summed E-state index contributed by atoms with van der Waals surface area (Å²) in [7, 11) is 0. The van der Waals surface area contributed by atoms with Gasteiger partial charge in [0.2, 0.25) is 11.8 Å². The Morgan fingerprint density at radius 1 is 1.03 bits per heavy atom. The molecule has 0 spiro atoms. The molecule has 1 fully saturated rings. The molecule has 3 rings (SSSR count). The summed E-state index contributed by atoms with van der Waals surface area (Å²) in [5.41, 5.74) is 2.03. The molecule has 0 aliphatic heterocycles. The maximum atomic E-state index is 13.4.